The fourth-order valence-corrected chi connectivity index (χ4v) is 3.00. The molecule has 0 aromatic heterocycles. The number of nitrogens with one attached hydrogen (secondary N) is 1. The van der Waals surface area contributed by atoms with E-state index in [1.54, 1.807) is 0 Å². The van der Waals surface area contributed by atoms with Gasteiger partial charge in [0, 0.05) is 9.61 Å². The summed E-state index contributed by atoms with van der Waals surface area (Å²) in [4.78, 5) is 11.5. The van der Waals surface area contributed by atoms with Crippen LogP contribution in [0.1, 0.15) is 30.5 Å². The second-order valence-corrected chi connectivity index (χ2v) is 5.24. The Bertz CT molecular complexity index is 420. The van der Waals surface area contributed by atoms with Crippen molar-refractivity contribution in [2.75, 3.05) is 13.2 Å². The molecule has 4 heteroatoms. The van der Waals surface area contributed by atoms with Crippen molar-refractivity contribution in [1.82, 2.24) is 5.32 Å². The summed E-state index contributed by atoms with van der Waals surface area (Å²) in [5.74, 6) is -0.128. The van der Waals surface area contributed by atoms with Crippen molar-refractivity contribution in [2.45, 2.75) is 25.8 Å². The summed E-state index contributed by atoms with van der Waals surface area (Å²) >= 11 is 2.36. The van der Waals surface area contributed by atoms with E-state index >= 15 is 0 Å². The molecule has 0 saturated carbocycles. The largest absolute Gasteiger partial charge is 0.466 e. The van der Waals surface area contributed by atoms with Crippen LogP contribution < -0.4 is 5.32 Å². The first-order chi connectivity index (χ1) is 8.22. The highest BCUT2D eigenvalue weighted by Gasteiger charge is 2.23. The zero-order chi connectivity index (χ0) is 12.3. The van der Waals surface area contributed by atoms with Crippen molar-refractivity contribution in [3.63, 3.8) is 0 Å². The Labute approximate surface area is 115 Å². The van der Waals surface area contributed by atoms with Gasteiger partial charge in [-0.15, -0.1) is 0 Å². The fraction of sp³-hybridized carbons (Fsp3) is 0.462. The highest BCUT2D eigenvalue weighted by molar-refractivity contribution is 14.1. The summed E-state index contributed by atoms with van der Waals surface area (Å²) in [6.07, 6.45) is 1.45. The van der Waals surface area contributed by atoms with Crippen LogP contribution in [-0.4, -0.2) is 19.1 Å². The van der Waals surface area contributed by atoms with Gasteiger partial charge in [-0.25, -0.2) is 0 Å². The first-order valence-electron chi connectivity index (χ1n) is 5.88. The van der Waals surface area contributed by atoms with E-state index in [2.05, 4.69) is 40.0 Å². The third-order valence-electron chi connectivity index (χ3n) is 2.97. The number of hydrogen-bond donors (Lipinski definition) is 1. The number of esters is 1. The lowest BCUT2D eigenvalue weighted by molar-refractivity contribution is -0.143. The van der Waals surface area contributed by atoms with Crippen LogP contribution in [0.25, 0.3) is 0 Å². The molecule has 0 spiro atoms. The number of hydrogen-bond acceptors (Lipinski definition) is 3. The second-order valence-electron chi connectivity index (χ2n) is 4.07. The molecule has 0 aliphatic carbocycles. The third kappa shape index (κ3) is 2.98. The molecule has 17 heavy (non-hydrogen) atoms. The average Bonchev–Trinajstić information content (AvgIpc) is 2.31. The molecule has 1 aliphatic rings. The van der Waals surface area contributed by atoms with E-state index in [9.17, 15) is 4.79 Å². The highest BCUT2D eigenvalue weighted by atomic mass is 127. The summed E-state index contributed by atoms with van der Waals surface area (Å²) in [5.41, 5.74) is 2.62. The number of halogens is 1. The average molecular weight is 345 g/mol. The van der Waals surface area contributed by atoms with Gasteiger partial charge in [-0.2, -0.15) is 0 Å². The molecule has 1 aromatic rings. The highest BCUT2D eigenvalue weighted by Crippen LogP contribution is 2.28. The Balaban J connectivity index is 2.17. The minimum Gasteiger partial charge on any atom is -0.466 e. The molecule has 2 rings (SSSR count). The molecule has 0 saturated heterocycles. The minimum absolute atomic E-state index is 0.104. The van der Waals surface area contributed by atoms with Crippen molar-refractivity contribution in [1.29, 1.82) is 0 Å². The standard InChI is InChI=1S/C13H16INO2/c1-2-17-13(16)8-12-10-4-3-5-11(14)9(10)6-7-15-12/h3-5,12,15H,2,6-8H2,1H3. The van der Waals surface area contributed by atoms with E-state index in [0.29, 0.717) is 13.0 Å². The first kappa shape index (κ1) is 12.8. The maximum absolute atomic E-state index is 11.5. The van der Waals surface area contributed by atoms with Crippen LogP contribution in [0.4, 0.5) is 0 Å². The number of carbonyl (C=O) groups excluding carboxylic acids is 1. The molecule has 1 aromatic carbocycles. The van der Waals surface area contributed by atoms with Gasteiger partial charge in [0.05, 0.1) is 13.0 Å². The number of benzene rings is 1. The van der Waals surface area contributed by atoms with Crippen LogP contribution in [0.5, 0.6) is 0 Å². The van der Waals surface area contributed by atoms with Crippen molar-refractivity contribution in [2.24, 2.45) is 0 Å². The van der Waals surface area contributed by atoms with Crippen LogP contribution in [0.15, 0.2) is 18.2 Å². The van der Waals surface area contributed by atoms with Crippen LogP contribution in [-0.2, 0) is 16.0 Å². The van der Waals surface area contributed by atoms with Crippen molar-refractivity contribution in [3.8, 4) is 0 Å². The maximum atomic E-state index is 11.5. The number of rotatable bonds is 3. The van der Waals surface area contributed by atoms with E-state index in [0.717, 1.165) is 13.0 Å². The van der Waals surface area contributed by atoms with Crippen molar-refractivity contribution < 1.29 is 9.53 Å². The molecular weight excluding hydrogens is 329 g/mol. The molecule has 1 heterocycles. The number of ether oxygens (including phenoxy) is 1. The van der Waals surface area contributed by atoms with E-state index in [1.165, 1.54) is 14.7 Å². The molecule has 0 amide bonds. The molecule has 1 unspecified atom stereocenters. The Morgan fingerprint density at radius 1 is 1.59 bits per heavy atom. The molecular formula is C13H16INO2. The monoisotopic (exact) mass is 345 g/mol. The van der Waals surface area contributed by atoms with E-state index in [-0.39, 0.29) is 12.0 Å². The van der Waals surface area contributed by atoms with Gasteiger partial charge in [-0.05, 0) is 59.7 Å². The molecule has 0 bridgehead atoms. The van der Waals surface area contributed by atoms with Gasteiger partial charge in [0.25, 0.3) is 0 Å². The molecule has 1 atom stereocenters. The lowest BCUT2D eigenvalue weighted by Gasteiger charge is -2.27. The Morgan fingerprint density at radius 3 is 3.18 bits per heavy atom. The van der Waals surface area contributed by atoms with Crippen LogP contribution in [0, 0.1) is 3.57 Å². The van der Waals surface area contributed by atoms with Gasteiger partial charge in [0.15, 0.2) is 0 Å². The van der Waals surface area contributed by atoms with Crippen LogP contribution in [0.2, 0.25) is 0 Å². The van der Waals surface area contributed by atoms with Crippen molar-refractivity contribution >= 4 is 28.6 Å². The summed E-state index contributed by atoms with van der Waals surface area (Å²) in [6, 6.07) is 6.37. The van der Waals surface area contributed by atoms with Gasteiger partial charge >= 0.3 is 5.97 Å². The Kier molecular flexibility index (Phi) is 4.39. The lowest BCUT2D eigenvalue weighted by atomic mass is 9.92. The molecule has 0 fully saturated rings. The first-order valence-corrected chi connectivity index (χ1v) is 6.96. The molecule has 1 aliphatic heterocycles. The zero-order valence-electron chi connectivity index (χ0n) is 9.83. The van der Waals surface area contributed by atoms with Gasteiger partial charge < -0.3 is 10.1 Å². The SMILES string of the molecule is CCOC(=O)CC1NCCc2c(I)cccc21. The minimum atomic E-state index is -0.128. The van der Waals surface area contributed by atoms with E-state index in [1.807, 2.05) is 13.0 Å². The fourth-order valence-electron chi connectivity index (χ4n) is 2.22. The van der Waals surface area contributed by atoms with E-state index < -0.39 is 0 Å². The topological polar surface area (TPSA) is 38.3 Å². The normalized spacial score (nSPS) is 18.6. The van der Waals surface area contributed by atoms with E-state index in [4.69, 9.17) is 4.74 Å². The van der Waals surface area contributed by atoms with Crippen LogP contribution >= 0.6 is 22.6 Å². The third-order valence-corrected chi connectivity index (χ3v) is 3.98. The molecule has 1 N–H and O–H groups in total. The quantitative estimate of drug-likeness (QED) is 0.676. The molecule has 3 nitrogen and oxygen atoms in total. The summed E-state index contributed by atoms with van der Waals surface area (Å²) in [7, 11) is 0. The van der Waals surface area contributed by atoms with Gasteiger partial charge in [0.2, 0.25) is 0 Å². The second kappa shape index (κ2) is 5.82. The summed E-state index contributed by atoms with van der Waals surface area (Å²) < 4.78 is 6.30. The Hall–Kier alpha value is -0.620. The smallest absolute Gasteiger partial charge is 0.307 e. The number of carbonyl (C=O) groups is 1. The predicted molar refractivity (Wildman–Crippen MR) is 74.9 cm³/mol. The van der Waals surface area contributed by atoms with Crippen LogP contribution in [0.3, 0.4) is 0 Å². The zero-order valence-corrected chi connectivity index (χ0v) is 12.0. The van der Waals surface area contributed by atoms with Gasteiger partial charge in [-0.3, -0.25) is 4.79 Å². The predicted octanol–water partition coefficient (Wildman–Crippen LogP) is 2.43. The summed E-state index contributed by atoms with van der Waals surface area (Å²) in [6.45, 7) is 3.21. The molecule has 92 valence electrons. The lowest BCUT2D eigenvalue weighted by Crippen LogP contribution is -2.32. The maximum Gasteiger partial charge on any atom is 0.307 e. The van der Waals surface area contributed by atoms with Gasteiger partial charge in [-0.1, -0.05) is 12.1 Å². The van der Waals surface area contributed by atoms with Gasteiger partial charge in [0.1, 0.15) is 0 Å². The Morgan fingerprint density at radius 2 is 2.41 bits per heavy atom. The molecule has 0 radical (unpaired) electrons. The van der Waals surface area contributed by atoms with Crippen molar-refractivity contribution in [3.05, 3.63) is 32.9 Å². The number of fused-ring (bicyclic) bond motifs is 1. The summed E-state index contributed by atoms with van der Waals surface area (Å²) in [5, 5.41) is 3.39.